The zero-order chi connectivity index (χ0) is 19.8. The lowest BCUT2D eigenvalue weighted by molar-refractivity contribution is -0.111. The molecule has 0 bridgehead atoms. The molecule has 0 spiro atoms. The molecule has 6 heteroatoms. The smallest absolute Gasteiger partial charge is 0.248 e. The van der Waals surface area contributed by atoms with Crippen molar-refractivity contribution in [3.8, 4) is 0 Å². The van der Waals surface area contributed by atoms with Crippen LogP contribution in [0.4, 0.5) is 5.69 Å². The van der Waals surface area contributed by atoms with E-state index in [0.29, 0.717) is 17.1 Å². The van der Waals surface area contributed by atoms with Crippen molar-refractivity contribution >= 4 is 29.3 Å². The Morgan fingerprint density at radius 1 is 1.14 bits per heavy atom. The van der Waals surface area contributed by atoms with Crippen LogP contribution in [-0.2, 0) is 9.53 Å². The Hall–Kier alpha value is -2.18. The number of hydrogen-bond acceptors (Lipinski definition) is 4. The number of ether oxygens (including phenoxy) is 1. The Labute approximate surface area is 170 Å². The van der Waals surface area contributed by atoms with Crippen LogP contribution in [0.1, 0.15) is 23.7 Å². The first-order valence-corrected chi connectivity index (χ1v) is 9.81. The topological polar surface area (TPSA) is 61.8 Å². The van der Waals surface area contributed by atoms with Crippen molar-refractivity contribution in [1.29, 1.82) is 0 Å². The van der Waals surface area contributed by atoms with Gasteiger partial charge in [-0.25, -0.2) is 0 Å². The minimum atomic E-state index is -0.516. The number of nitrogens with one attached hydrogen (secondary N) is 1. The van der Waals surface area contributed by atoms with Crippen molar-refractivity contribution < 1.29 is 14.6 Å². The third-order valence-electron chi connectivity index (χ3n) is 4.68. The third-order valence-corrected chi connectivity index (χ3v) is 4.93. The molecule has 2 aromatic carbocycles. The molecule has 5 nitrogen and oxygen atoms in total. The number of nitrogens with zero attached hydrogens (tertiary/aromatic N) is 1. The van der Waals surface area contributed by atoms with Crippen molar-refractivity contribution in [2.45, 2.75) is 12.5 Å². The molecule has 1 fully saturated rings. The molecular weight excluding hydrogens is 376 g/mol. The van der Waals surface area contributed by atoms with Crippen molar-refractivity contribution in [2.24, 2.45) is 0 Å². The summed E-state index contributed by atoms with van der Waals surface area (Å²) in [6, 6.07) is 14.6. The van der Waals surface area contributed by atoms with Crippen LogP contribution in [0.25, 0.3) is 6.08 Å². The molecule has 1 unspecified atom stereocenters. The predicted molar refractivity (Wildman–Crippen MR) is 112 cm³/mol. The number of carbonyl (C=O) groups excluding carboxylic acids is 1. The van der Waals surface area contributed by atoms with E-state index in [-0.39, 0.29) is 5.91 Å². The van der Waals surface area contributed by atoms with Gasteiger partial charge in [0.15, 0.2) is 0 Å². The molecule has 28 heavy (non-hydrogen) atoms. The monoisotopic (exact) mass is 400 g/mol. The Morgan fingerprint density at radius 3 is 2.50 bits per heavy atom. The number of halogens is 1. The average Bonchev–Trinajstić information content (AvgIpc) is 2.73. The summed E-state index contributed by atoms with van der Waals surface area (Å²) in [6.07, 6.45) is 3.37. The van der Waals surface area contributed by atoms with Gasteiger partial charge in [0, 0.05) is 36.4 Å². The highest BCUT2D eigenvalue weighted by atomic mass is 35.5. The molecule has 1 heterocycles. The van der Waals surface area contributed by atoms with Gasteiger partial charge in [-0.2, -0.15) is 0 Å². The maximum atomic E-state index is 12.1. The van der Waals surface area contributed by atoms with Crippen molar-refractivity contribution in [3.63, 3.8) is 0 Å². The number of aliphatic hydroxyl groups is 1. The molecule has 2 N–H and O–H groups in total. The number of amides is 1. The highest BCUT2D eigenvalue weighted by molar-refractivity contribution is 6.30. The number of hydrogen-bond donors (Lipinski definition) is 2. The zero-order valence-electron chi connectivity index (χ0n) is 15.7. The van der Waals surface area contributed by atoms with Gasteiger partial charge in [0.2, 0.25) is 5.91 Å². The minimum Gasteiger partial charge on any atom is -0.388 e. The Kier molecular flexibility index (Phi) is 7.62. The van der Waals surface area contributed by atoms with E-state index in [0.717, 1.165) is 44.0 Å². The van der Waals surface area contributed by atoms with Crippen LogP contribution in [0, 0.1) is 0 Å². The van der Waals surface area contributed by atoms with Crippen LogP contribution in [0.15, 0.2) is 54.6 Å². The SMILES string of the molecule is O=C(/C=C/c1ccc(Cl)cc1)Nc1ccc(C(O)CCN2CCOCC2)cc1. The summed E-state index contributed by atoms with van der Waals surface area (Å²) in [5.41, 5.74) is 2.44. The fraction of sp³-hybridized carbons (Fsp3) is 0.318. The Morgan fingerprint density at radius 2 is 1.82 bits per heavy atom. The van der Waals surface area contributed by atoms with E-state index < -0.39 is 6.10 Å². The van der Waals surface area contributed by atoms with Crippen LogP contribution < -0.4 is 5.32 Å². The van der Waals surface area contributed by atoms with Crippen molar-refractivity contribution in [3.05, 3.63) is 70.8 Å². The number of benzene rings is 2. The largest absolute Gasteiger partial charge is 0.388 e. The number of rotatable bonds is 7. The molecule has 0 saturated carbocycles. The second-order valence-corrected chi connectivity index (χ2v) is 7.19. The number of aliphatic hydroxyl groups excluding tert-OH is 1. The summed E-state index contributed by atoms with van der Waals surface area (Å²) in [6.45, 7) is 4.20. The molecule has 148 valence electrons. The summed E-state index contributed by atoms with van der Waals surface area (Å²) >= 11 is 5.85. The van der Waals surface area contributed by atoms with Crippen molar-refractivity contribution in [1.82, 2.24) is 4.90 Å². The average molecular weight is 401 g/mol. The molecule has 1 amide bonds. The van der Waals surface area contributed by atoms with E-state index in [2.05, 4.69) is 10.2 Å². The van der Waals surface area contributed by atoms with Crippen LogP contribution in [0.3, 0.4) is 0 Å². The highest BCUT2D eigenvalue weighted by Gasteiger charge is 2.13. The second kappa shape index (κ2) is 10.4. The van der Waals surface area contributed by atoms with E-state index in [4.69, 9.17) is 16.3 Å². The molecule has 0 radical (unpaired) electrons. The lowest BCUT2D eigenvalue weighted by atomic mass is 10.1. The quantitative estimate of drug-likeness (QED) is 0.695. The number of morpholine rings is 1. The van der Waals surface area contributed by atoms with Crippen LogP contribution in [0.2, 0.25) is 5.02 Å². The first kappa shape index (κ1) is 20.6. The maximum absolute atomic E-state index is 12.1. The van der Waals surface area contributed by atoms with Gasteiger partial charge in [0.05, 0.1) is 19.3 Å². The molecule has 2 aromatic rings. The lowest BCUT2D eigenvalue weighted by Gasteiger charge is -2.27. The van der Waals surface area contributed by atoms with Crippen LogP contribution >= 0.6 is 11.6 Å². The molecule has 0 aromatic heterocycles. The van der Waals surface area contributed by atoms with Gasteiger partial charge in [0.25, 0.3) is 0 Å². The van der Waals surface area contributed by atoms with E-state index in [1.807, 2.05) is 24.3 Å². The highest BCUT2D eigenvalue weighted by Crippen LogP contribution is 2.20. The summed E-state index contributed by atoms with van der Waals surface area (Å²) in [5, 5.41) is 13.9. The molecule has 1 atom stereocenters. The first-order chi connectivity index (χ1) is 13.6. The summed E-state index contributed by atoms with van der Waals surface area (Å²) in [4.78, 5) is 14.4. The number of anilines is 1. The van der Waals surface area contributed by atoms with Gasteiger partial charge >= 0.3 is 0 Å². The Balaban J connectivity index is 1.47. The van der Waals surface area contributed by atoms with Gasteiger partial charge < -0.3 is 15.2 Å². The van der Waals surface area contributed by atoms with Crippen LogP contribution in [0.5, 0.6) is 0 Å². The molecule has 1 aliphatic heterocycles. The van der Waals surface area contributed by atoms with E-state index >= 15 is 0 Å². The maximum Gasteiger partial charge on any atom is 0.248 e. The fourth-order valence-corrected chi connectivity index (χ4v) is 3.14. The van der Waals surface area contributed by atoms with Gasteiger partial charge in [-0.3, -0.25) is 9.69 Å². The normalized spacial score (nSPS) is 16.2. The van der Waals surface area contributed by atoms with Gasteiger partial charge in [0.1, 0.15) is 0 Å². The molecule has 3 rings (SSSR count). The summed E-state index contributed by atoms with van der Waals surface area (Å²) < 4.78 is 5.33. The standard InChI is InChI=1S/C22H25ClN2O3/c23-19-6-1-17(2-7-19)3-10-22(27)24-20-8-4-18(5-9-20)21(26)11-12-25-13-15-28-16-14-25/h1-10,21,26H,11-16H2,(H,24,27)/b10-3+. The summed E-state index contributed by atoms with van der Waals surface area (Å²) in [5.74, 6) is -0.212. The minimum absolute atomic E-state index is 0.212. The van der Waals surface area contributed by atoms with Gasteiger partial charge in [-0.15, -0.1) is 0 Å². The summed E-state index contributed by atoms with van der Waals surface area (Å²) in [7, 11) is 0. The van der Waals surface area contributed by atoms with Crippen LogP contribution in [-0.4, -0.2) is 48.8 Å². The molecule has 1 saturated heterocycles. The van der Waals surface area contributed by atoms with Gasteiger partial charge in [-0.1, -0.05) is 35.9 Å². The zero-order valence-corrected chi connectivity index (χ0v) is 16.4. The molecular formula is C22H25ClN2O3. The second-order valence-electron chi connectivity index (χ2n) is 6.75. The van der Waals surface area contributed by atoms with E-state index in [9.17, 15) is 9.90 Å². The first-order valence-electron chi connectivity index (χ1n) is 9.43. The van der Waals surface area contributed by atoms with E-state index in [1.54, 1.807) is 30.3 Å². The fourth-order valence-electron chi connectivity index (χ4n) is 3.01. The predicted octanol–water partition coefficient (Wildman–Crippen LogP) is 3.75. The molecule has 0 aliphatic carbocycles. The van der Waals surface area contributed by atoms with Gasteiger partial charge in [-0.05, 0) is 47.9 Å². The molecule has 1 aliphatic rings. The van der Waals surface area contributed by atoms with E-state index in [1.165, 1.54) is 6.08 Å². The van der Waals surface area contributed by atoms with Crippen molar-refractivity contribution in [2.75, 3.05) is 38.2 Å². The third kappa shape index (κ3) is 6.46. The number of carbonyl (C=O) groups is 1. The Bertz CT molecular complexity index is 784. The lowest BCUT2D eigenvalue weighted by Crippen LogP contribution is -2.37.